The summed E-state index contributed by atoms with van der Waals surface area (Å²) in [7, 11) is -3.63. The average Bonchev–Trinajstić information content (AvgIpc) is 2.45. The van der Waals surface area contributed by atoms with Crippen molar-refractivity contribution in [1.29, 1.82) is 0 Å². The standard InChI is InChI=1S/C15H19NO4S/c1-15(8-4-10-20-12-15)16-21(18,19)14-7-2-5-13(11-14)6-3-9-17/h2,5,7,11,16-17H,4,8-10,12H2,1H3. The SMILES string of the molecule is CC1(NS(=O)(=O)c2cccc(C#CCO)c2)CCCOC1. The highest BCUT2D eigenvalue weighted by molar-refractivity contribution is 7.89. The number of hydrogen-bond donors (Lipinski definition) is 2. The van der Waals surface area contributed by atoms with Gasteiger partial charge >= 0.3 is 0 Å². The number of aliphatic hydroxyl groups excluding tert-OH is 1. The lowest BCUT2D eigenvalue weighted by Crippen LogP contribution is -2.51. The van der Waals surface area contributed by atoms with E-state index >= 15 is 0 Å². The zero-order valence-corrected chi connectivity index (χ0v) is 12.7. The van der Waals surface area contributed by atoms with Crippen molar-refractivity contribution in [2.75, 3.05) is 19.8 Å². The van der Waals surface area contributed by atoms with Crippen LogP contribution in [0.3, 0.4) is 0 Å². The van der Waals surface area contributed by atoms with Crippen LogP contribution in [-0.4, -0.2) is 38.9 Å². The highest BCUT2D eigenvalue weighted by atomic mass is 32.2. The molecule has 1 saturated heterocycles. The molecule has 1 aliphatic rings. The van der Waals surface area contributed by atoms with Crippen LogP contribution in [-0.2, 0) is 14.8 Å². The van der Waals surface area contributed by atoms with E-state index in [0.717, 1.165) is 12.8 Å². The third-order valence-corrected chi connectivity index (χ3v) is 4.91. The largest absolute Gasteiger partial charge is 0.384 e. The Balaban J connectivity index is 2.23. The van der Waals surface area contributed by atoms with Crippen LogP contribution in [0.1, 0.15) is 25.3 Å². The summed E-state index contributed by atoms with van der Waals surface area (Å²) in [6.07, 6.45) is 1.58. The Kier molecular flexibility index (Phi) is 5.01. The zero-order chi connectivity index (χ0) is 15.3. The molecule has 1 aromatic rings. The van der Waals surface area contributed by atoms with Crippen LogP contribution >= 0.6 is 0 Å². The molecule has 0 spiro atoms. The van der Waals surface area contributed by atoms with Crippen molar-refractivity contribution in [2.45, 2.75) is 30.2 Å². The van der Waals surface area contributed by atoms with E-state index in [1.54, 1.807) is 12.1 Å². The van der Waals surface area contributed by atoms with Crippen molar-refractivity contribution in [2.24, 2.45) is 0 Å². The number of aliphatic hydroxyl groups is 1. The van der Waals surface area contributed by atoms with Gasteiger partial charge in [0.1, 0.15) is 6.61 Å². The minimum Gasteiger partial charge on any atom is -0.384 e. The Morgan fingerprint density at radius 2 is 2.29 bits per heavy atom. The fraction of sp³-hybridized carbons (Fsp3) is 0.467. The Labute approximate surface area is 125 Å². The summed E-state index contributed by atoms with van der Waals surface area (Å²) < 4.78 is 33.0. The van der Waals surface area contributed by atoms with Gasteiger partial charge in [-0.15, -0.1) is 0 Å². The molecule has 1 aromatic carbocycles. The van der Waals surface area contributed by atoms with E-state index < -0.39 is 15.6 Å². The van der Waals surface area contributed by atoms with Gasteiger partial charge in [0.25, 0.3) is 0 Å². The van der Waals surface area contributed by atoms with E-state index in [9.17, 15) is 8.42 Å². The van der Waals surface area contributed by atoms with Crippen LogP contribution in [0.2, 0.25) is 0 Å². The third kappa shape index (κ3) is 4.29. The van der Waals surface area contributed by atoms with Crippen molar-refractivity contribution in [3.8, 4) is 11.8 Å². The van der Waals surface area contributed by atoms with Crippen LogP contribution in [0.25, 0.3) is 0 Å². The van der Waals surface area contributed by atoms with Crippen molar-refractivity contribution in [3.63, 3.8) is 0 Å². The van der Waals surface area contributed by atoms with Gasteiger partial charge in [-0.1, -0.05) is 17.9 Å². The average molecular weight is 309 g/mol. The molecule has 114 valence electrons. The smallest absolute Gasteiger partial charge is 0.241 e. The monoisotopic (exact) mass is 309 g/mol. The molecule has 2 rings (SSSR count). The first-order chi connectivity index (χ1) is 9.95. The second-order valence-electron chi connectivity index (χ2n) is 5.31. The van der Waals surface area contributed by atoms with Crippen molar-refractivity contribution >= 4 is 10.0 Å². The van der Waals surface area contributed by atoms with Crippen LogP contribution < -0.4 is 4.72 Å². The molecule has 0 bridgehead atoms. The van der Waals surface area contributed by atoms with Crippen LogP contribution in [0.15, 0.2) is 29.2 Å². The molecule has 2 N–H and O–H groups in total. The number of ether oxygens (including phenoxy) is 1. The summed E-state index contributed by atoms with van der Waals surface area (Å²) in [5, 5.41) is 8.69. The van der Waals surface area contributed by atoms with Gasteiger partial charge in [0, 0.05) is 12.2 Å². The maximum absolute atomic E-state index is 12.5. The van der Waals surface area contributed by atoms with E-state index in [0.29, 0.717) is 18.8 Å². The maximum atomic E-state index is 12.5. The van der Waals surface area contributed by atoms with Crippen molar-refractivity contribution in [3.05, 3.63) is 29.8 Å². The molecule has 1 aliphatic heterocycles. The number of rotatable bonds is 3. The Morgan fingerprint density at radius 1 is 1.48 bits per heavy atom. The molecule has 0 amide bonds. The van der Waals surface area contributed by atoms with E-state index in [4.69, 9.17) is 9.84 Å². The molecule has 1 unspecified atom stereocenters. The Morgan fingerprint density at radius 3 is 2.95 bits per heavy atom. The van der Waals surface area contributed by atoms with Crippen LogP contribution in [0.4, 0.5) is 0 Å². The molecular weight excluding hydrogens is 290 g/mol. The minimum atomic E-state index is -3.63. The predicted molar refractivity (Wildman–Crippen MR) is 79.2 cm³/mol. The fourth-order valence-corrected chi connectivity index (χ4v) is 3.75. The molecule has 0 aliphatic carbocycles. The minimum absolute atomic E-state index is 0.166. The van der Waals surface area contributed by atoms with Gasteiger partial charge in [-0.25, -0.2) is 13.1 Å². The number of benzene rings is 1. The van der Waals surface area contributed by atoms with E-state index in [-0.39, 0.29) is 11.5 Å². The van der Waals surface area contributed by atoms with Gasteiger partial charge < -0.3 is 9.84 Å². The Hall–Kier alpha value is -1.39. The quantitative estimate of drug-likeness (QED) is 0.813. The van der Waals surface area contributed by atoms with Gasteiger partial charge in [-0.3, -0.25) is 0 Å². The molecule has 0 saturated carbocycles. The number of sulfonamides is 1. The molecule has 0 aromatic heterocycles. The number of nitrogens with one attached hydrogen (secondary N) is 1. The normalized spacial score (nSPS) is 22.4. The number of hydrogen-bond acceptors (Lipinski definition) is 4. The van der Waals surface area contributed by atoms with E-state index in [1.807, 2.05) is 6.92 Å². The first-order valence-corrected chi connectivity index (χ1v) is 8.25. The molecule has 21 heavy (non-hydrogen) atoms. The van der Waals surface area contributed by atoms with Crippen molar-refractivity contribution < 1.29 is 18.3 Å². The molecule has 1 atom stereocenters. The summed E-state index contributed by atoms with van der Waals surface area (Å²) >= 11 is 0. The third-order valence-electron chi connectivity index (χ3n) is 3.27. The van der Waals surface area contributed by atoms with Gasteiger partial charge in [-0.05, 0) is 38.0 Å². The van der Waals surface area contributed by atoms with Gasteiger partial charge in [0.2, 0.25) is 10.0 Å². The van der Waals surface area contributed by atoms with Crippen LogP contribution in [0, 0.1) is 11.8 Å². The maximum Gasteiger partial charge on any atom is 0.241 e. The lowest BCUT2D eigenvalue weighted by molar-refractivity contribution is 0.0386. The zero-order valence-electron chi connectivity index (χ0n) is 11.9. The molecule has 1 fully saturated rings. The second-order valence-corrected chi connectivity index (χ2v) is 6.99. The molecule has 6 heteroatoms. The van der Waals surface area contributed by atoms with Crippen molar-refractivity contribution in [1.82, 2.24) is 4.72 Å². The predicted octanol–water partition coefficient (Wildman–Crippen LogP) is 0.878. The highest BCUT2D eigenvalue weighted by Crippen LogP contribution is 2.22. The van der Waals surface area contributed by atoms with E-state index in [1.165, 1.54) is 12.1 Å². The topological polar surface area (TPSA) is 75.6 Å². The summed E-state index contributed by atoms with van der Waals surface area (Å²) in [5.41, 5.74) is -0.0267. The molecule has 0 radical (unpaired) electrons. The molecule has 1 heterocycles. The highest BCUT2D eigenvalue weighted by Gasteiger charge is 2.32. The summed E-state index contributed by atoms with van der Waals surface area (Å²) in [6, 6.07) is 6.36. The van der Waals surface area contributed by atoms with Gasteiger partial charge in [0.05, 0.1) is 17.0 Å². The van der Waals surface area contributed by atoms with E-state index in [2.05, 4.69) is 16.6 Å². The Bertz CT molecular complexity index is 652. The molecule has 5 nitrogen and oxygen atoms in total. The van der Waals surface area contributed by atoms with Gasteiger partial charge in [0.15, 0.2) is 0 Å². The summed E-state index contributed by atoms with van der Waals surface area (Å²) in [5.74, 6) is 5.21. The fourth-order valence-electron chi connectivity index (χ4n) is 2.28. The molecular formula is C15H19NO4S. The van der Waals surface area contributed by atoms with Gasteiger partial charge in [-0.2, -0.15) is 0 Å². The first-order valence-electron chi connectivity index (χ1n) is 6.77. The van der Waals surface area contributed by atoms with Crippen LogP contribution in [0.5, 0.6) is 0 Å². The second kappa shape index (κ2) is 6.58. The summed E-state index contributed by atoms with van der Waals surface area (Å²) in [4.78, 5) is 0.166. The summed E-state index contributed by atoms with van der Waals surface area (Å²) in [6.45, 7) is 2.63. The first kappa shape index (κ1) is 16.0. The lowest BCUT2D eigenvalue weighted by Gasteiger charge is -2.33. The lowest BCUT2D eigenvalue weighted by atomic mass is 9.97.